The lowest BCUT2D eigenvalue weighted by atomic mass is 10.1. The van der Waals surface area contributed by atoms with Crippen molar-refractivity contribution in [2.75, 3.05) is 11.3 Å². The summed E-state index contributed by atoms with van der Waals surface area (Å²) in [6.45, 7) is 2.27. The average Bonchev–Trinajstić information content (AvgIpc) is 2.84. The van der Waals surface area contributed by atoms with E-state index in [4.69, 9.17) is 9.84 Å². The maximum Gasteiger partial charge on any atom is 0.354 e. The van der Waals surface area contributed by atoms with Gasteiger partial charge in [0.05, 0.1) is 23.4 Å². The molecule has 0 fully saturated rings. The van der Waals surface area contributed by atoms with E-state index in [-0.39, 0.29) is 16.3 Å². The lowest BCUT2D eigenvalue weighted by molar-refractivity contribution is 0.0690. The number of pyridine rings is 2. The van der Waals surface area contributed by atoms with Gasteiger partial charge in [-0.1, -0.05) is 30.0 Å². The molecule has 4 rings (SSSR count). The van der Waals surface area contributed by atoms with Crippen molar-refractivity contribution >= 4 is 32.6 Å². The van der Waals surface area contributed by atoms with Gasteiger partial charge in [-0.15, -0.1) is 0 Å². The van der Waals surface area contributed by atoms with Crippen LogP contribution in [0.15, 0.2) is 78.0 Å². The zero-order valence-electron chi connectivity index (χ0n) is 18.0. The van der Waals surface area contributed by atoms with Crippen LogP contribution in [-0.4, -0.2) is 36.1 Å². The lowest BCUT2D eigenvalue weighted by Crippen LogP contribution is -2.14. The first kappa shape index (κ1) is 22.8. The van der Waals surface area contributed by atoms with Gasteiger partial charge >= 0.3 is 5.97 Å². The van der Waals surface area contributed by atoms with Gasteiger partial charge in [0.15, 0.2) is 0 Å². The summed E-state index contributed by atoms with van der Waals surface area (Å²) in [5.74, 6) is 5.21. The maximum atomic E-state index is 13.3. The minimum Gasteiger partial charge on any atom is -0.494 e. The number of ether oxygens (including phenoxy) is 1. The van der Waals surface area contributed by atoms with Crippen molar-refractivity contribution in [3.05, 3.63) is 89.9 Å². The summed E-state index contributed by atoms with van der Waals surface area (Å²) in [5, 5.41) is 9.69. The normalized spacial score (nSPS) is 10.9. The van der Waals surface area contributed by atoms with Gasteiger partial charge in [-0.3, -0.25) is 9.71 Å². The van der Waals surface area contributed by atoms with E-state index in [1.165, 1.54) is 24.4 Å². The van der Waals surface area contributed by atoms with Crippen LogP contribution in [0.25, 0.3) is 10.9 Å². The Labute approximate surface area is 196 Å². The van der Waals surface area contributed by atoms with Crippen LogP contribution in [0.5, 0.6) is 5.75 Å². The highest BCUT2D eigenvalue weighted by Crippen LogP contribution is 2.27. The van der Waals surface area contributed by atoms with E-state index in [0.29, 0.717) is 34.4 Å². The number of sulfonamides is 1. The number of nitrogens with one attached hydrogen (secondary N) is 1. The number of hydrogen-bond donors (Lipinski definition) is 2. The SMILES string of the molecule is CCOc1ccc(NS(=O)(=O)c2cccc3cccnc23)c(C#Cc2ccc(C(=O)O)nc2)c1. The van der Waals surface area contributed by atoms with Crippen LogP contribution < -0.4 is 9.46 Å². The Morgan fingerprint density at radius 2 is 1.88 bits per heavy atom. The van der Waals surface area contributed by atoms with Crippen molar-refractivity contribution < 1.29 is 23.1 Å². The van der Waals surface area contributed by atoms with Gasteiger partial charge in [0, 0.05) is 23.3 Å². The molecule has 0 amide bonds. The molecule has 34 heavy (non-hydrogen) atoms. The Morgan fingerprint density at radius 1 is 1.06 bits per heavy atom. The van der Waals surface area contributed by atoms with Gasteiger partial charge in [-0.2, -0.15) is 0 Å². The van der Waals surface area contributed by atoms with Crippen LogP contribution >= 0.6 is 0 Å². The van der Waals surface area contributed by atoms with E-state index < -0.39 is 16.0 Å². The number of anilines is 1. The van der Waals surface area contributed by atoms with Crippen molar-refractivity contribution in [2.24, 2.45) is 0 Å². The Bertz CT molecular complexity index is 1530. The van der Waals surface area contributed by atoms with E-state index >= 15 is 0 Å². The second kappa shape index (κ2) is 9.60. The molecule has 0 radical (unpaired) electrons. The monoisotopic (exact) mass is 473 g/mol. The molecule has 0 aliphatic carbocycles. The largest absolute Gasteiger partial charge is 0.494 e. The summed E-state index contributed by atoms with van der Waals surface area (Å²) in [7, 11) is -3.98. The number of carbonyl (C=O) groups is 1. The fraction of sp³-hybridized carbons (Fsp3) is 0.0800. The summed E-state index contributed by atoms with van der Waals surface area (Å²) >= 11 is 0. The van der Waals surface area contributed by atoms with Gasteiger partial charge < -0.3 is 9.84 Å². The molecule has 2 aromatic heterocycles. The highest BCUT2D eigenvalue weighted by atomic mass is 32.2. The smallest absolute Gasteiger partial charge is 0.354 e. The predicted octanol–water partition coefficient (Wildman–Crippen LogP) is 3.93. The number of aromatic carboxylic acids is 1. The van der Waals surface area contributed by atoms with Crippen molar-refractivity contribution in [3.63, 3.8) is 0 Å². The minimum absolute atomic E-state index is 0.0480. The molecule has 0 bridgehead atoms. The van der Waals surface area contributed by atoms with E-state index in [0.717, 1.165) is 0 Å². The molecule has 0 spiro atoms. The molecule has 4 aromatic rings. The first-order valence-corrected chi connectivity index (χ1v) is 11.7. The van der Waals surface area contributed by atoms with Crippen LogP contribution in [0.1, 0.15) is 28.5 Å². The maximum absolute atomic E-state index is 13.3. The fourth-order valence-electron chi connectivity index (χ4n) is 3.20. The zero-order valence-corrected chi connectivity index (χ0v) is 18.8. The summed E-state index contributed by atoms with van der Waals surface area (Å²) in [5.41, 5.74) is 1.38. The summed E-state index contributed by atoms with van der Waals surface area (Å²) < 4.78 is 34.7. The molecule has 0 unspecified atom stereocenters. The molecule has 2 N–H and O–H groups in total. The van der Waals surface area contributed by atoms with Gasteiger partial charge in [0.1, 0.15) is 16.3 Å². The third-order valence-corrected chi connectivity index (χ3v) is 6.15. The molecule has 0 aliphatic heterocycles. The molecular formula is C25H19N3O5S. The third-order valence-electron chi connectivity index (χ3n) is 4.76. The highest BCUT2D eigenvalue weighted by molar-refractivity contribution is 7.93. The second-order valence-corrected chi connectivity index (χ2v) is 8.72. The van der Waals surface area contributed by atoms with Gasteiger partial charge in [-0.05, 0) is 49.4 Å². The van der Waals surface area contributed by atoms with E-state index in [9.17, 15) is 13.2 Å². The molecule has 2 aromatic carbocycles. The molecule has 9 heteroatoms. The molecule has 2 heterocycles. The fourth-order valence-corrected chi connectivity index (χ4v) is 4.46. The average molecular weight is 474 g/mol. The summed E-state index contributed by atoms with van der Waals surface area (Å²) in [6.07, 6.45) is 2.88. The molecule has 0 saturated heterocycles. The minimum atomic E-state index is -3.98. The number of para-hydroxylation sites is 1. The number of hydrogen-bond acceptors (Lipinski definition) is 6. The first-order chi connectivity index (χ1) is 16.4. The topological polar surface area (TPSA) is 118 Å². The van der Waals surface area contributed by atoms with Crippen molar-refractivity contribution in [3.8, 4) is 17.6 Å². The van der Waals surface area contributed by atoms with Crippen LogP contribution in [0.3, 0.4) is 0 Å². The third kappa shape index (κ3) is 4.98. The van der Waals surface area contributed by atoms with E-state index in [2.05, 4.69) is 26.5 Å². The van der Waals surface area contributed by atoms with Gasteiger partial charge in [0.2, 0.25) is 0 Å². The van der Waals surface area contributed by atoms with Crippen molar-refractivity contribution in [1.82, 2.24) is 9.97 Å². The molecule has 170 valence electrons. The Kier molecular flexibility index (Phi) is 6.43. The number of rotatable bonds is 6. The number of carboxylic acid groups (broad SMARTS) is 1. The molecule has 0 atom stereocenters. The van der Waals surface area contributed by atoms with Crippen molar-refractivity contribution in [1.29, 1.82) is 0 Å². The van der Waals surface area contributed by atoms with E-state index in [1.807, 2.05) is 6.92 Å². The van der Waals surface area contributed by atoms with E-state index in [1.54, 1.807) is 48.7 Å². The lowest BCUT2D eigenvalue weighted by Gasteiger charge is -2.13. The predicted molar refractivity (Wildman–Crippen MR) is 127 cm³/mol. The number of aromatic nitrogens is 2. The second-order valence-electron chi connectivity index (χ2n) is 7.06. The number of carboxylic acids is 1. The van der Waals surface area contributed by atoms with Crippen LogP contribution in [-0.2, 0) is 10.0 Å². The van der Waals surface area contributed by atoms with Gasteiger partial charge in [-0.25, -0.2) is 18.2 Å². The molecular weight excluding hydrogens is 454 g/mol. The standard InChI is InChI=1S/C25H19N3O5S/c1-2-33-20-11-13-21(19(15-20)10-8-17-9-12-22(25(29)30)27-16-17)28-34(31,32)23-7-3-5-18-6-4-14-26-24(18)23/h3-7,9,11-16,28H,2H2,1H3,(H,29,30). The Morgan fingerprint density at radius 3 is 2.62 bits per heavy atom. The first-order valence-electron chi connectivity index (χ1n) is 10.2. The number of benzene rings is 2. The highest BCUT2D eigenvalue weighted by Gasteiger charge is 2.20. The Hall–Kier alpha value is -4.42. The zero-order chi connectivity index (χ0) is 24.1. The summed E-state index contributed by atoms with van der Waals surface area (Å²) in [4.78, 5) is 19.1. The van der Waals surface area contributed by atoms with Crippen molar-refractivity contribution in [2.45, 2.75) is 11.8 Å². The quantitative estimate of drug-likeness (QED) is 0.407. The molecule has 0 aliphatic rings. The number of nitrogens with zero attached hydrogens (tertiary/aromatic N) is 2. The molecule has 0 saturated carbocycles. The Balaban J connectivity index is 1.73. The molecule has 8 nitrogen and oxygen atoms in total. The van der Waals surface area contributed by atoms with Gasteiger partial charge in [0.25, 0.3) is 10.0 Å². The van der Waals surface area contributed by atoms with Crippen LogP contribution in [0.2, 0.25) is 0 Å². The van der Waals surface area contributed by atoms with Crippen LogP contribution in [0, 0.1) is 11.8 Å². The number of fused-ring (bicyclic) bond motifs is 1. The summed E-state index contributed by atoms with van der Waals surface area (Å²) in [6, 6.07) is 16.2. The van der Waals surface area contributed by atoms with Crippen LogP contribution in [0.4, 0.5) is 5.69 Å².